The third-order valence-corrected chi connectivity index (χ3v) is 4.35. The molecule has 2 aliphatic carbocycles. The molecule has 78 valence electrons. The molecule has 2 aliphatic rings. The van der Waals surface area contributed by atoms with Crippen LogP contribution in [0.25, 0.3) is 0 Å². The standard InChI is InChI=1S/C13H13ClO/c1-7-12(15)6-8-5-10-9(13(7)8)3-2-4-11(10)14/h2-4,7-8,13H,5-6H2,1H3. The van der Waals surface area contributed by atoms with Crippen molar-refractivity contribution in [1.29, 1.82) is 0 Å². The molecule has 1 fully saturated rings. The lowest BCUT2D eigenvalue weighted by atomic mass is 9.89. The molecule has 0 spiro atoms. The number of halogens is 1. The molecule has 0 amide bonds. The third-order valence-electron chi connectivity index (χ3n) is 4.00. The van der Waals surface area contributed by atoms with E-state index in [9.17, 15) is 4.79 Å². The highest BCUT2D eigenvalue weighted by atomic mass is 35.5. The molecule has 1 nitrogen and oxygen atoms in total. The summed E-state index contributed by atoms with van der Waals surface area (Å²) in [6.45, 7) is 2.06. The molecule has 0 heterocycles. The summed E-state index contributed by atoms with van der Waals surface area (Å²) in [6.07, 6.45) is 1.74. The van der Waals surface area contributed by atoms with Gasteiger partial charge < -0.3 is 0 Å². The van der Waals surface area contributed by atoms with Gasteiger partial charge in [0.25, 0.3) is 0 Å². The number of hydrogen-bond acceptors (Lipinski definition) is 1. The van der Waals surface area contributed by atoms with Gasteiger partial charge in [-0.3, -0.25) is 4.79 Å². The lowest BCUT2D eigenvalue weighted by molar-refractivity contribution is -0.120. The van der Waals surface area contributed by atoms with E-state index in [1.807, 2.05) is 12.1 Å². The first kappa shape index (κ1) is 9.41. The van der Waals surface area contributed by atoms with Crippen molar-refractivity contribution >= 4 is 17.4 Å². The van der Waals surface area contributed by atoms with Gasteiger partial charge in [-0.15, -0.1) is 0 Å². The first-order chi connectivity index (χ1) is 7.18. The number of Topliss-reactive ketones (excluding diaryl/α,β-unsaturated/α-hetero) is 1. The molecule has 3 rings (SSSR count). The van der Waals surface area contributed by atoms with Gasteiger partial charge in [-0.25, -0.2) is 0 Å². The number of carbonyl (C=O) groups excluding carboxylic acids is 1. The number of fused-ring (bicyclic) bond motifs is 3. The molecule has 1 saturated carbocycles. The Morgan fingerprint density at radius 1 is 1.33 bits per heavy atom. The second kappa shape index (κ2) is 3.08. The molecule has 0 bridgehead atoms. The maximum atomic E-state index is 11.6. The van der Waals surface area contributed by atoms with Gasteiger partial charge in [-0.1, -0.05) is 30.7 Å². The van der Waals surface area contributed by atoms with Gasteiger partial charge in [-0.05, 0) is 35.4 Å². The van der Waals surface area contributed by atoms with Gasteiger partial charge >= 0.3 is 0 Å². The molecular weight excluding hydrogens is 208 g/mol. The molecule has 3 atom stereocenters. The lowest BCUT2D eigenvalue weighted by Crippen LogP contribution is -2.09. The van der Waals surface area contributed by atoms with Crippen LogP contribution >= 0.6 is 11.6 Å². The van der Waals surface area contributed by atoms with E-state index < -0.39 is 0 Å². The van der Waals surface area contributed by atoms with E-state index in [4.69, 9.17) is 11.6 Å². The topological polar surface area (TPSA) is 17.1 Å². The molecule has 0 saturated heterocycles. The second-order valence-electron chi connectivity index (χ2n) is 4.76. The molecule has 0 N–H and O–H groups in total. The number of benzene rings is 1. The Morgan fingerprint density at radius 2 is 2.13 bits per heavy atom. The molecular formula is C13H13ClO. The minimum absolute atomic E-state index is 0.190. The van der Waals surface area contributed by atoms with Crippen LogP contribution in [0.5, 0.6) is 0 Å². The van der Waals surface area contributed by atoms with Gasteiger partial charge in [0.05, 0.1) is 0 Å². The number of carbonyl (C=O) groups is 1. The Morgan fingerprint density at radius 3 is 2.93 bits per heavy atom. The summed E-state index contributed by atoms with van der Waals surface area (Å²) in [5.41, 5.74) is 2.61. The molecule has 0 aliphatic heterocycles. The van der Waals surface area contributed by atoms with E-state index in [-0.39, 0.29) is 5.92 Å². The molecule has 0 radical (unpaired) electrons. The molecule has 0 aromatic heterocycles. The van der Waals surface area contributed by atoms with Gasteiger partial charge in [0, 0.05) is 17.4 Å². The van der Waals surface area contributed by atoms with E-state index in [0.29, 0.717) is 17.6 Å². The minimum Gasteiger partial charge on any atom is -0.299 e. The van der Waals surface area contributed by atoms with E-state index in [0.717, 1.165) is 17.9 Å². The highest BCUT2D eigenvalue weighted by Crippen LogP contribution is 2.51. The Labute approximate surface area is 94.4 Å². The highest BCUT2D eigenvalue weighted by molar-refractivity contribution is 6.31. The van der Waals surface area contributed by atoms with E-state index in [1.54, 1.807) is 0 Å². The van der Waals surface area contributed by atoms with Crippen molar-refractivity contribution in [3.05, 3.63) is 34.3 Å². The van der Waals surface area contributed by atoms with Crippen LogP contribution in [0.3, 0.4) is 0 Å². The zero-order valence-electron chi connectivity index (χ0n) is 8.66. The van der Waals surface area contributed by atoms with Crippen molar-refractivity contribution in [3.8, 4) is 0 Å². The van der Waals surface area contributed by atoms with Crippen molar-refractivity contribution in [2.75, 3.05) is 0 Å². The SMILES string of the molecule is CC1C(=O)CC2Cc3c(Cl)cccc3C21. The third kappa shape index (κ3) is 1.19. The van der Waals surface area contributed by atoms with Crippen LogP contribution in [-0.4, -0.2) is 5.78 Å². The summed E-state index contributed by atoms with van der Waals surface area (Å²) in [5, 5.41) is 0.876. The average molecular weight is 221 g/mol. The Kier molecular flexibility index (Phi) is 1.93. The van der Waals surface area contributed by atoms with Crippen molar-refractivity contribution in [1.82, 2.24) is 0 Å². The van der Waals surface area contributed by atoms with Crippen molar-refractivity contribution in [2.24, 2.45) is 11.8 Å². The Balaban J connectivity index is 2.12. The van der Waals surface area contributed by atoms with Crippen LogP contribution in [0.2, 0.25) is 5.02 Å². The molecule has 3 unspecified atom stereocenters. The number of rotatable bonds is 0. The predicted octanol–water partition coefficient (Wildman–Crippen LogP) is 3.20. The second-order valence-corrected chi connectivity index (χ2v) is 5.16. The molecule has 1 aromatic rings. The summed E-state index contributed by atoms with van der Waals surface area (Å²) in [4.78, 5) is 11.6. The van der Waals surface area contributed by atoms with E-state index >= 15 is 0 Å². The first-order valence-corrected chi connectivity index (χ1v) is 5.86. The molecule has 15 heavy (non-hydrogen) atoms. The Hall–Kier alpha value is -0.820. The predicted molar refractivity (Wildman–Crippen MR) is 60.2 cm³/mol. The van der Waals surface area contributed by atoms with Crippen LogP contribution < -0.4 is 0 Å². The van der Waals surface area contributed by atoms with Crippen LogP contribution in [-0.2, 0) is 11.2 Å². The summed E-state index contributed by atoms with van der Waals surface area (Å²) >= 11 is 6.18. The summed E-state index contributed by atoms with van der Waals surface area (Å²) in [6, 6.07) is 6.09. The summed E-state index contributed by atoms with van der Waals surface area (Å²) in [7, 11) is 0. The fourth-order valence-electron chi connectivity index (χ4n) is 3.27. The molecule has 1 aromatic carbocycles. The fourth-order valence-corrected chi connectivity index (χ4v) is 3.53. The van der Waals surface area contributed by atoms with Crippen LogP contribution in [0, 0.1) is 11.8 Å². The lowest BCUT2D eigenvalue weighted by Gasteiger charge is -2.14. The van der Waals surface area contributed by atoms with Crippen LogP contribution in [0.1, 0.15) is 30.4 Å². The van der Waals surface area contributed by atoms with Crippen molar-refractivity contribution < 1.29 is 4.79 Å². The highest BCUT2D eigenvalue weighted by Gasteiger charge is 2.45. The number of hydrogen-bond donors (Lipinski definition) is 0. The summed E-state index contributed by atoms with van der Waals surface area (Å²) < 4.78 is 0. The van der Waals surface area contributed by atoms with E-state index in [2.05, 4.69) is 13.0 Å². The van der Waals surface area contributed by atoms with Gasteiger partial charge in [0.1, 0.15) is 5.78 Å². The Bertz CT molecular complexity index is 438. The monoisotopic (exact) mass is 220 g/mol. The summed E-state index contributed by atoms with van der Waals surface area (Å²) in [5.74, 6) is 1.57. The maximum Gasteiger partial charge on any atom is 0.136 e. The molecule has 2 heteroatoms. The fraction of sp³-hybridized carbons (Fsp3) is 0.462. The minimum atomic E-state index is 0.190. The quantitative estimate of drug-likeness (QED) is 0.656. The maximum absolute atomic E-state index is 11.6. The zero-order chi connectivity index (χ0) is 10.6. The van der Waals surface area contributed by atoms with Gasteiger partial charge in [0.15, 0.2) is 0 Å². The average Bonchev–Trinajstić information content (AvgIpc) is 2.68. The first-order valence-electron chi connectivity index (χ1n) is 5.48. The van der Waals surface area contributed by atoms with Crippen LogP contribution in [0.4, 0.5) is 0 Å². The van der Waals surface area contributed by atoms with Crippen molar-refractivity contribution in [2.45, 2.75) is 25.7 Å². The normalized spacial score (nSPS) is 32.9. The zero-order valence-corrected chi connectivity index (χ0v) is 9.42. The van der Waals surface area contributed by atoms with E-state index in [1.165, 1.54) is 11.1 Å². The van der Waals surface area contributed by atoms with Crippen molar-refractivity contribution in [3.63, 3.8) is 0 Å². The largest absolute Gasteiger partial charge is 0.299 e. The number of ketones is 1. The van der Waals surface area contributed by atoms with Gasteiger partial charge in [0.2, 0.25) is 0 Å². The van der Waals surface area contributed by atoms with Crippen LogP contribution in [0.15, 0.2) is 18.2 Å². The van der Waals surface area contributed by atoms with Gasteiger partial charge in [-0.2, -0.15) is 0 Å². The smallest absolute Gasteiger partial charge is 0.136 e.